The maximum atomic E-state index is 10.7. The molecule has 0 saturated carbocycles. The number of carbonyl (C=O) groups is 1. The van der Waals surface area contributed by atoms with Crippen LogP contribution in [-0.2, 0) is 9.31 Å². The highest BCUT2D eigenvalue weighted by Crippen LogP contribution is 2.31. The summed E-state index contributed by atoms with van der Waals surface area (Å²) in [6.45, 7) is 6.79. The summed E-state index contributed by atoms with van der Waals surface area (Å²) >= 11 is 0. The Morgan fingerprint density at radius 1 is 1.72 bits per heavy atom. The quantitative estimate of drug-likeness (QED) is 0.469. The van der Waals surface area contributed by atoms with Crippen LogP contribution in [-0.4, -0.2) is 42.2 Å². The molecular formula is C9H4B2N3O4. The normalized spacial score (nSPS) is 21.8. The van der Waals surface area contributed by atoms with Crippen molar-refractivity contribution in [1.29, 1.82) is 0 Å². The molecule has 18 heavy (non-hydrogen) atoms. The lowest BCUT2D eigenvalue weighted by atomic mass is 9.65. The smallest absolute Gasteiger partial charge is 0.474 e. The molecule has 2 aliphatic heterocycles. The second-order valence-corrected chi connectivity index (χ2v) is 3.71. The predicted molar refractivity (Wildman–Crippen MR) is 62.0 cm³/mol. The molecule has 7 nitrogen and oxygen atoms in total. The number of carboxylic acids is 1. The fourth-order valence-electron chi connectivity index (χ4n) is 1.42. The maximum absolute atomic E-state index is 10.7. The summed E-state index contributed by atoms with van der Waals surface area (Å²) < 4.78 is 10.1. The van der Waals surface area contributed by atoms with Gasteiger partial charge < -0.3 is 14.4 Å². The lowest BCUT2D eigenvalue weighted by Crippen LogP contribution is -2.04. The van der Waals surface area contributed by atoms with Crippen LogP contribution in [0.15, 0.2) is 17.3 Å². The van der Waals surface area contributed by atoms with E-state index in [1.807, 2.05) is 0 Å². The van der Waals surface area contributed by atoms with Gasteiger partial charge in [0, 0.05) is 6.20 Å². The van der Waals surface area contributed by atoms with Gasteiger partial charge in [-0.15, -0.1) is 0 Å². The van der Waals surface area contributed by atoms with Gasteiger partial charge in [0.1, 0.15) is 0 Å². The highest BCUT2D eigenvalue weighted by atomic mass is 16.6. The van der Waals surface area contributed by atoms with Crippen LogP contribution < -0.4 is 0 Å². The van der Waals surface area contributed by atoms with E-state index in [2.05, 4.69) is 14.8 Å². The third kappa shape index (κ3) is 1.94. The summed E-state index contributed by atoms with van der Waals surface area (Å²) in [6, 6.07) is 1.23. The van der Waals surface area contributed by atoms with E-state index in [4.69, 9.17) is 21.0 Å². The average molecular weight is 240 g/mol. The molecule has 1 aromatic rings. The minimum Gasteiger partial charge on any atom is -0.544 e. The second kappa shape index (κ2) is 3.85. The molecule has 0 aliphatic carbocycles. The molecule has 0 aromatic carbocycles. The van der Waals surface area contributed by atoms with Gasteiger partial charge in [0.25, 0.3) is 0 Å². The van der Waals surface area contributed by atoms with Gasteiger partial charge in [-0.3, -0.25) is 0 Å². The lowest BCUT2D eigenvalue weighted by Gasteiger charge is -1.97. The number of aromatic nitrogens is 1. The minimum absolute atomic E-state index is 0.0444. The Morgan fingerprint density at radius 2 is 2.50 bits per heavy atom. The second-order valence-electron chi connectivity index (χ2n) is 3.71. The van der Waals surface area contributed by atoms with Crippen molar-refractivity contribution in [2.75, 3.05) is 0 Å². The van der Waals surface area contributed by atoms with E-state index in [1.165, 1.54) is 6.07 Å². The van der Waals surface area contributed by atoms with E-state index in [1.54, 1.807) is 7.48 Å². The molecule has 85 valence electrons. The fraction of sp³-hybridized carbons (Fsp3) is 0.111. The van der Waals surface area contributed by atoms with E-state index in [9.17, 15) is 4.79 Å². The molecule has 0 bridgehead atoms. The molecule has 1 aromatic heterocycles. The molecule has 2 saturated heterocycles. The molecule has 1 unspecified atom stereocenters. The first-order valence-electron chi connectivity index (χ1n) is 5.04. The SMILES string of the molecule is [C-]#[N+]c1cc(C(=O)O)cnc1/N=C1/OB1C1[B]O1. The Labute approximate surface area is 103 Å². The van der Waals surface area contributed by atoms with E-state index in [0.717, 1.165) is 6.20 Å². The van der Waals surface area contributed by atoms with Gasteiger partial charge in [0.15, 0.2) is 11.6 Å². The fourth-order valence-corrected chi connectivity index (χ4v) is 1.42. The zero-order chi connectivity index (χ0) is 12.7. The predicted octanol–water partition coefficient (Wildman–Crippen LogP) is 0.436. The molecule has 9 heteroatoms. The summed E-state index contributed by atoms with van der Waals surface area (Å²) in [7, 11) is 1.63. The number of pyridine rings is 1. The minimum atomic E-state index is -1.13. The number of nitrogens with zero attached hydrogens (tertiary/aromatic N) is 3. The average Bonchev–Trinajstić information content (AvgIpc) is 3.22. The van der Waals surface area contributed by atoms with Crippen LogP contribution in [0.1, 0.15) is 10.4 Å². The molecule has 3 rings (SSSR count). The van der Waals surface area contributed by atoms with Gasteiger partial charge in [0.2, 0.25) is 5.69 Å². The van der Waals surface area contributed by atoms with Gasteiger partial charge in [-0.1, -0.05) is 0 Å². The molecular weight excluding hydrogens is 236 g/mol. The summed E-state index contributed by atoms with van der Waals surface area (Å²) in [5, 5.41) is 8.79. The first-order chi connectivity index (χ1) is 8.69. The van der Waals surface area contributed by atoms with Crippen LogP contribution in [0.4, 0.5) is 11.5 Å². The Balaban J connectivity index is 1.88. The first kappa shape index (κ1) is 10.8. The third-order valence-electron chi connectivity index (χ3n) is 2.46. The van der Waals surface area contributed by atoms with E-state index in [-0.39, 0.29) is 29.9 Å². The number of aliphatic imine (C=N–C) groups is 1. The Bertz CT molecular complexity index is 608. The van der Waals surface area contributed by atoms with Crippen LogP contribution in [0.25, 0.3) is 4.85 Å². The molecule has 3 heterocycles. The molecule has 1 atom stereocenters. The van der Waals surface area contributed by atoms with Gasteiger partial charge >= 0.3 is 20.4 Å². The highest BCUT2D eigenvalue weighted by Gasteiger charge is 2.57. The number of aromatic carboxylic acids is 1. The van der Waals surface area contributed by atoms with Crippen LogP contribution in [0.3, 0.4) is 0 Å². The summed E-state index contributed by atoms with van der Waals surface area (Å²) in [6.07, 6.45) is 1.16. The van der Waals surface area contributed by atoms with Gasteiger partial charge in [-0.05, 0) is 6.07 Å². The van der Waals surface area contributed by atoms with Crippen molar-refractivity contribution < 1.29 is 19.2 Å². The van der Waals surface area contributed by atoms with Crippen molar-refractivity contribution in [3.05, 3.63) is 29.2 Å². The van der Waals surface area contributed by atoms with Gasteiger partial charge in [-0.2, -0.15) is 0 Å². The number of hydrogen-bond acceptors (Lipinski definition) is 5. The molecule has 0 amide bonds. The van der Waals surface area contributed by atoms with E-state index < -0.39 is 5.97 Å². The van der Waals surface area contributed by atoms with Crippen LogP contribution in [0.2, 0.25) is 0 Å². The molecule has 1 radical (unpaired) electrons. The standard InChI is InChI=1S/C9H4B2N3O4/c1-12-5-2-4(7(15)16)3-13-6(5)14-9-11(18-9)8-10-17-8/h2-3,8H,(H,15,16)/b14-9+. The third-order valence-corrected chi connectivity index (χ3v) is 2.46. The molecule has 0 spiro atoms. The molecule has 1 N–H and O–H groups in total. The first-order valence-corrected chi connectivity index (χ1v) is 5.04. The number of hydrogen-bond donors (Lipinski definition) is 1. The number of rotatable bonds is 3. The van der Waals surface area contributed by atoms with Gasteiger partial charge in [0.05, 0.1) is 18.0 Å². The monoisotopic (exact) mass is 240 g/mol. The van der Waals surface area contributed by atoms with Crippen LogP contribution in [0, 0.1) is 6.57 Å². The van der Waals surface area contributed by atoms with Crippen LogP contribution in [0.5, 0.6) is 0 Å². The number of carboxylic acid groups (broad SMARTS) is 1. The largest absolute Gasteiger partial charge is 0.544 e. The zero-order valence-corrected chi connectivity index (χ0v) is 8.90. The molecule has 2 fully saturated rings. The molecule has 2 aliphatic rings. The zero-order valence-electron chi connectivity index (χ0n) is 8.90. The lowest BCUT2D eigenvalue weighted by molar-refractivity contribution is 0.0696. The van der Waals surface area contributed by atoms with Crippen molar-refractivity contribution in [3.8, 4) is 0 Å². The summed E-state index contributed by atoms with van der Waals surface area (Å²) in [5.74, 6) is -0.575. The van der Waals surface area contributed by atoms with E-state index in [0.29, 0.717) is 5.80 Å². The highest BCUT2D eigenvalue weighted by molar-refractivity contribution is 7.04. The van der Waals surface area contributed by atoms with Crippen molar-refractivity contribution in [1.82, 2.24) is 4.98 Å². The summed E-state index contributed by atoms with van der Waals surface area (Å²) in [4.78, 5) is 21.9. The van der Waals surface area contributed by atoms with Crippen LogP contribution >= 0.6 is 0 Å². The van der Waals surface area contributed by atoms with Crippen molar-refractivity contribution in [2.45, 2.75) is 5.90 Å². The van der Waals surface area contributed by atoms with Crippen molar-refractivity contribution in [2.24, 2.45) is 4.99 Å². The van der Waals surface area contributed by atoms with Crippen molar-refractivity contribution in [3.63, 3.8) is 0 Å². The van der Waals surface area contributed by atoms with Crippen molar-refractivity contribution >= 4 is 37.7 Å². The Morgan fingerprint density at radius 3 is 3.11 bits per heavy atom. The summed E-state index contributed by atoms with van der Waals surface area (Å²) in [5.41, 5.74) is 0.0365. The Hall–Kier alpha value is -2.33. The topological polar surface area (TPSA) is 92.0 Å². The maximum Gasteiger partial charge on any atom is 0.474 e. The Kier molecular flexibility index (Phi) is 2.31. The van der Waals surface area contributed by atoms with E-state index >= 15 is 0 Å². The van der Waals surface area contributed by atoms with Gasteiger partial charge in [-0.25, -0.2) is 19.6 Å².